The quantitative estimate of drug-likeness (QED) is 0.588. The normalized spacial score (nSPS) is 10.9. The fraction of sp³-hybridized carbons (Fsp3) is 0.375. The molecule has 0 saturated carbocycles. The summed E-state index contributed by atoms with van der Waals surface area (Å²) >= 11 is 1.53. The van der Waals surface area contributed by atoms with E-state index in [4.69, 9.17) is 0 Å². The Kier molecular flexibility index (Phi) is 2.53. The van der Waals surface area contributed by atoms with Crippen LogP contribution in [0.15, 0.2) is 16.3 Å². The molecular formula is C8H10N4OS. The van der Waals surface area contributed by atoms with Gasteiger partial charge in [-0.25, -0.2) is 9.97 Å². The third-order valence-electron chi connectivity index (χ3n) is 1.72. The predicted molar refractivity (Wildman–Crippen MR) is 55.5 cm³/mol. The molecule has 0 radical (unpaired) electrons. The first-order valence-corrected chi connectivity index (χ1v) is 5.36. The van der Waals surface area contributed by atoms with Crippen LogP contribution in [0, 0.1) is 0 Å². The van der Waals surface area contributed by atoms with Crippen LogP contribution in [0.3, 0.4) is 0 Å². The second-order valence-corrected chi connectivity index (χ2v) is 3.90. The number of aromatic nitrogens is 4. The fourth-order valence-electron chi connectivity index (χ4n) is 1.09. The Labute approximate surface area is 84.4 Å². The lowest BCUT2D eigenvalue weighted by Crippen LogP contribution is -2.09. The van der Waals surface area contributed by atoms with Crippen molar-refractivity contribution in [1.82, 2.24) is 19.9 Å². The molecule has 2 rings (SSSR count). The summed E-state index contributed by atoms with van der Waals surface area (Å²) in [7, 11) is 0. The number of imidazole rings is 1. The number of nitrogens with zero attached hydrogens (tertiary/aromatic N) is 2. The molecule has 0 amide bonds. The van der Waals surface area contributed by atoms with Gasteiger partial charge in [0.05, 0.1) is 6.33 Å². The number of aromatic amines is 2. The Morgan fingerprint density at radius 3 is 3.21 bits per heavy atom. The Balaban J connectivity index is 2.43. The van der Waals surface area contributed by atoms with Gasteiger partial charge >= 0.3 is 0 Å². The third kappa shape index (κ3) is 1.65. The molecule has 0 aliphatic rings. The molecule has 0 unspecified atom stereocenters. The molecule has 2 aromatic heterocycles. The number of hydrogen-bond acceptors (Lipinski definition) is 4. The monoisotopic (exact) mass is 210 g/mol. The highest BCUT2D eigenvalue weighted by molar-refractivity contribution is 7.99. The lowest BCUT2D eigenvalue weighted by molar-refractivity contribution is 0.959. The maximum absolute atomic E-state index is 11.4. The van der Waals surface area contributed by atoms with E-state index in [-0.39, 0.29) is 5.56 Å². The van der Waals surface area contributed by atoms with E-state index in [2.05, 4.69) is 26.9 Å². The van der Waals surface area contributed by atoms with E-state index in [1.54, 1.807) is 0 Å². The number of thioether (sulfide) groups is 1. The molecule has 0 aliphatic heterocycles. The second kappa shape index (κ2) is 3.83. The van der Waals surface area contributed by atoms with E-state index in [0.29, 0.717) is 16.3 Å². The van der Waals surface area contributed by atoms with Gasteiger partial charge in [-0.2, -0.15) is 0 Å². The van der Waals surface area contributed by atoms with E-state index < -0.39 is 0 Å². The molecule has 0 saturated heterocycles. The summed E-state index contributed by atoms with van der Waals surface area (Å²) in [4.78, 5) is 25.0. The minimum atomic E-state index is -0.161. The van der Waals surface area contributed by atoms with Crippen LogP contribution in [0.1, 0.15) is 13.3 Å². The van der Waals surface area contributed by atoms with E-state index >= 15 is 0 Å². The maximum Gasteiger partial charge on any atom is 0.277 e. The highest BCUT2D eigenvalue weighted by Crippen LogP contribution is 2.13. The Hall–Kier alpha value is -1.30. The molecule has 0 aromatic carbocycles. The molecule has 6 heteroatoms. The van der Waals surface area contributed by atoms with Gasteiger partial charge in [0, 0.05) is 5.75 Å². The van der Waals surface area contributed by atoms with Crippen molar-refractivity contribution >= 4 is 22.9 Å². The second-order valence-electron chi connectivity index (χ2n) is 2.82. The highest BCUT2D eigenvalue weighted by atomic mass is 32.2. The largest absolute Gasteiger partial charge is 0.339 e. The number of fused-ring (bicyclic) bond motifs is 1. The summed E-state index contributed by atoms with van der Waals surface area (Å²) in [6.45, 7) is 2.08. The van der Waals surface area contributed by atoms with E-state index in [9.17, 15) is 4.79 Å². The Morgan fingerprint density at radius 1 is 1.57 bits per heavy atom. The minimum absolute atomic E-state index is 0.161. The Morgan fingerprint density at radius 2 is 2.43 bits per heavy atom. The molecule has 2 heterocycles. The van der Waals surface area contributed by atoms with Crippen LogP contribution in [-0.2, 0) is 0 Å². The number of hydrogen-bond donors (Lipinski definition) is 2. The SMILES string of the molecule is CCCSc1nc2nc[nH]c2c(=O)[nH]1. The molecule has 0 bridgehead atoms. The van der Waals surface area contributed by atoms with Crippen molar-refractivity contribution in [3.05, 3.63) is 16.7 Å². The topological polar surface area (TPSA) is 74.4 Å². The highest BCUT2D eigenvalue weighted by Gasteiger charge is 2.04. The van der Waals surface area contributed by atoms with Gasteiger partial charge in [0.2, 0.25) is 0 Å². The summed E-state index contributed by atoms with van der Waals surface area (Å²) in [6, 6.07) is 0. The molecule has 0 atom stereocenters. The van der Waals surface area contributed by atoms with Crippen LogP contribution in [0.25, 0.3) is 11.2 Å². The lowest BCUT2D eigenvalue weighted by atomic mass is 10.5. The van der Waals surface area contributed by atoms with Gasteiger partial charge < -0.3 is 4.98 Å². The zero-order valence-electron chi connectivity index (χ0n) is 7.70. The van der Waals surface area contributed by atoms with E-state index in [1.807, 2.05) is 0 Å². The summed E-state index contributed by atoms with van der Waals surface area (Å²) in [5.41, 5.74) is 0.754. The van der Waals surface area contributed by atoms with Crippen molar-refractivity contribution in [2.45, 2.75) is 18.5 Å². The van der Waals surface area contributed by atoms with Crippen molar-refractivity contribution < 1.29 is 0 Å². The minimum Gasteiger partial charge on any atom is -0.339 e. The van der Waals surface area contributed by atoms with Crippen LogP contribution in [0.4, 0.5) is 0 Å². The molecule has 2 N–H and O–H groups in total. The molecule has 2 aromatic rings. The fourth-order valence-corrected chi connectivity index (χ4v) is 1.80. The van der Waals surface area contributed by atoms with Crippen LogP contribution in [0.2, 0.25) is 0 Å². The molecule has 0 spiro atoms. The van der Waals surface area contributed by atoms with Crippen molar-refractivity contribution in [2.75, 3.05) is 5.75 Å². The standard InChI is InChI=1S/C8H10N4OS/c1-2-3-14-8-11-6-5(7(13)12-8)9-4-10-6/h4H,2-3H2,1H3,(H2,9,10,11,12,13). The van der Waals surface area contributed by atoms with Gasteiger partial charge in [-0.3, -0.25) is 9.78 Å². The smallest absolute Gasteiger partial charge is 0.277 e. The van der Waals surface area contributed by atoms with Crippen LogP contribution in [-0.4, -0.2) is 25.7 Å². The summed E-state index contributed by atoms with van der Waals surface area (Å²) in [6.07, 6.45) is 2.52. The summed E-state index contributed by atoms with van der Waals surface area (Å²) in [5, 5.41) is 0.636. The van der Waals surface area contributed by atoms with Gasteiger partial charge in [-0.1, -0.05) is 18.7 Å². The van der Waals surface area contributed by atoms with Crippen LogP contribution >= 0.6 is 11.8 Å². The van der Waals surface area contributed by atoms with Gasteiger partial charge in [-0.05, 0) is 6.42 Å². The molecular weight excluding hydrogens is 200 g/mol. The van der Waals surface area contributed by atoms with Crippen molar-refractivity contribution in [3.63, 3.8) is 0 Å². The van der Waals surface area contributed by atoms with Crippen molar-refractivity contribution in [1.29, 1.82) is 0 Å². The number of rotatable bonds is 3. The third-order valence-corrected chi connectivity index (χ3v) is 2.80. The van der Waals surface area contributed by atoms with Gasteiger partial charge in [0.15, 0.2) is 16.3 Å². The lowest BCUT2D eigenvalue weighted by Gasteiger charge is -1.97. The molecule has 0 aliphatic carbocycles. The van der Waals surface area contributed by atoms with Crippen molar-refractivity contribution in [2.24, 2.45) is 0 Å². The maximum atomic E-state index is 11.4. The zero-order chi connectivity index (χ0) is 9.97. The zero-order valence-corrected chi connectivity index (χ0v) is 8.52. The number of H-pyrrole nitrogens is 2. The molecule has 5 nitrogen and oxygen atoms in total. The molecule has 74 valence electrons. The van der Waals surface area contributed by atoms with Crippen LogP contribution in [0.5, 0.6) is 0 Å². The average Bonchev–Trinajstić information content (AvgIpc) is 2.63. The van der Waals surface area contributed by atoms with Gasteiger partial charge in [0.1, 0.15) is 0 Å². The average molecular weight is 210 g/mol. The first-order valence-electron chi connectivity index (χ1n) is 4.37. The predicted octanol–water partition coefficient (Wildman–Crippen LogP) is 1.15. The van der Waals surface area contributed by atoms with E-state index in [1.165, 1.54) is 18.1 Å². The summed E-state index contributed by atoms with van der Waals surface area (Å²) < 4.78 is 0. The number of nitrogens with one attached hydrogen (secondary N) is 2. The molecule has 0 fully saturated rings. The first-order chi connectivity index (χ1) is 6.81. The van der Waals surface area contributed by atoms with Gasteiger partial charge in [0.25, 0.3) is 5.56 Å². The van der Waals surface area contributed by atoms with Crippen LogP contribution < -0.4 is 5.56 Å². The molecule has 14 heavy (non-hydrogen) atoms. The van der Waals surface area contributed by atoms with E-state index in [0.717, 1.165) is 12.2 Å². The summed E-state index contributed by atoms with van der Waals surface area (Å²) in [5.74, 6) is 0.943. The van der Waals surface area contributed by atoms with Gasteiger partial charge in [-0.15, -0.1) is 0 Å². The Bertz CT molecular complexity index is 489. The first kappa shape index (κ1) is 9.26. The van der Waals surface area contributed by atoms with Crippen molar-refractivity contribution in [3.8, 4) is 0 Å².